The molecule has 0 rings (SSSR count). The molecule has 0 unspecified atom stereocenters. The second kappa shape index (κ2) is 9.56. The van der Waals surface area contributed by atoms with E-state index in [1.807, 2.05) is 39.8 Å². The molecule has 0 aliphatic heterocycles. The van der Waals surface area contributed by atoms with Crippen LogP contribution in [0.5, 0.6) is 0 Å². The molecule has 0 bridgehead atoms. The maximum Gasteiger partial charge on any atom is 0.303 e. The summed E-state index contributed by atoms with van der Waals surface area (Å²) in [5.74, 6) is -0.584. The molecule has 0 aliphatic rings. The van der Waals surface area contributed by atoms with Gasteiger partial charge < -0.3 is 10.2 Å². The minimum Gasteiger partial charge on any atom is -0.481 e. The van der Waals surface area contributed by atoms with Crippen LogP contribution in [0.15, 0.2) is 12.2 Å². The standard InChI is InChI=1S/C16H28O4/c1-11(2)13(9-15(17)18)7-5-6-8-14(12(3)4)10-16(19)20/h5-6,11-14H,7-10H2,1-4H3,(H,17,18)(H,19,20)/b6-5+/t13-,14-/m1/s1. The van der Waals surface area contributed by atoms with Gasteiger partial charge in [0.1, 0.15) is 0 Å². The van der Waals surface area contributed by atoms with Crippen LogP contribution in [0.1, 0.15) is 53.4 Å². The Balaban J connectivity index is 4.32. The molecule has 0 radical (unpaired) electrons. The molecule has 20 heavy (non-hydrogen) atoms. The van der Waals surface area contributed by atoms with Gasteiger partial charge in [-0.05, 0) is 36.5 Å². The van der Waals surface area contributed by atoms with Gasteiger partial charge in [0.15, 0.2) is 0 Å². The van der Waals surface area contributed by atoms with Gasteiger partial charge in [0.25, 0.3) is 0 Å². The SMILES string of the molecule is CC(C)[C@H](C/C=C/C[C@H](CC(=O)O)C(C)C)CC(=O)O. The highest BCUT2D eigenvalue weighted by Gasteiger charge is 2.17. The first-order chi connectivity index (χ1) is 9.23. The molecule has 0 aromatic heterocycles. The Hall–Kier alpha value is -1.32. The van der Waals surface area contributed by atoms with E-state index in [0.29, 0.717) is 11.8 Å². The predicted molar refractivity (Wildman–Crippen MR) is 79.5 cm³/mol. The lowest BCUT2D eigenvalue weighted by Gasteiger charge is -2.18. The third kappa shape index (κ3) is 8.73. The zero-order valence-electron chi connectivity index (χ0n) is 13.0. The molecular weight excluding hydrogens is 256 g/mol. The van der Waals surface area contributed by atoms with Crippen LogP contribution in [0.3, 0.4) is 0 Å². The van der Waals surface area contributed by atoms with E-state index >= 15 is 0 Å². The first kappa shape index (κ1) is 18.7. The number of rotatable bonds is 10. The first-order valence-corrected chi connectivity index (χ1v) is 7.32. The van der Waals surface area contributed by atoms with Crippen molar-refractivity contribution in [2.75, 3.05) is 0 Å². The fourth-order valence-corrected chi connectivity index (χ4v) is 2.17. The van der Waals surface area contributed by atoms with Gasteiger partial charge in [0.05, 0.1) is 0 Å². The van der Waals surface area contributed by atoms with Gasteiger partial charge in [-0.25, -0.2) is 0 Å². The van der Waals surface area contributed by atoms with Crippen molar-refractivity contribution >= 4 is 11.9 Å². The molecule has 0 aromatic rings. The average molecular weight is 284 g/mol. The van der Waals surface area contributed by atoms with Crippen LogP contribution >= 0.6 is 0 Å². The van der Waals surface area contributed by atoms with Crippen LogP contribution in [-0.4, -0.2) is 22.2 Å². The summed E-state index contributed by atoms with van der Waals surface area (Å²) in [4.78, 5) is 21.6. The highest BCUT2D eigenvalue weighted by atomic mass is 16.4. The van der Waals surface area contributed by atoms with Crippen LogP contribution < -0.4 is 0 Å². The molecule has 0 fully saturated rings. The summed E-state index contributed by atoms with van der Waals surface area (Å²) in [7, 11) is 0. The van der Waals surface area contributed by atoms with Crippen molar-refractivity contribution in [3.63, 3.8) is 0 Å². The van der Waals surface area contributed by atoms with E-state index < -0.39 is 11.9 Å². The number of carboxylic acids is 2. The summed E-state index contributed by atoms with van der Waals surface area (Å²) < 4.78 is 0. The van der Waals surface area contributed by atoms with E-state index in [4.69, 9.17) is 10.2 Å². The Morgan fingerprint density at radius 3 is 1.30 bits per heavy atom. The minimum absolute atomic E-state index is 0.140. The van der Waals surface area contributed by atoms with Crippen molar-refractivity contribution < 1.29 is 19.8 Å². The van der Waals surface area contributed by atoms with Gasteiger partial charge in [-0.2, -0.15) is 0 Å². The number of carboxylic acid groups (broad SMARTS) is 2. The van der Waals surface area contributed by atoms with E-state index in [1.165, 1.54) is 0 Å². The Morgan fingerprint density at radius 1 is 0.800 bits per heavy atom. The molecule has 0 aliphatic carbocycles. The number of aliphatic carboxylic acids is 2. The number of carbonyl (C=O) groups is 2. The summed E-state index contributed by atoms with van der Waals surface area (Å²) in [6.07, 6.45) is 5.86. The molecule has 4 heteroatoms. The maximum atomic E-state index is 10.8. The average Bonchev–Trinajstić information content (AvgIpc) is 2.29. The van der Waals surface area contributed by atoms with Gasteiger partial charge in [-0.1, -0.05) is 39.8 Å². The van der Waals surface area contributed by atoms with Crippen molar-refractivity contribution in [2.24, 2.45) is 23.7 Å². The molecule has 0 aromatic carbocycles. The molecule has 0 saturated heterocycles. The second-order valence-corrected chi connectivity index (χ2v) is 6.15. The molecule has 0 saturated carbocycles. The molecule has 2 N–H and O–H groups in total. The normalized spacial score (nSPS) is 14.9. The van der Waals surface area contributed by atoms with E-state index in [2.05, 4.69) is 0 Å². The molecule has 0 heterocycles. The third-order valence-corrected chi connectivity index (χ3v) is 3.80. The van der Waals surface area contributed by atoms with Gasteiger partial charge in [-0.15, -0.1) is 0 Å². The van der Waals surface area contributed by atoms with Gasteiger partial charge >= 0.3 is 11.9 Å². The van der Waals surface area contributed by atoms with Crippen molar-refractivity contribution in [2.45, 2.75) is 53.4 Å². The van der Waals surface area contributed by atoms with Crippen LogP contribution in [0.25, 0.3) is 0 Å². The molecule has 116 valence electrons. The quantitative estimate of drug-likeness (QED) is 0.598. The Morgan fingerprint density at radius 2 is 1.10 bits per heavy atom. The van der Waals surface area contributed by atoms with E-state index in [9.17, 15) is 9.59 Å². The predicted octanol–water partition coefficient (Wildman–Crippen LogP) is 3.82. The fraction of sp³-hybridized carbons (Fsp3) is 0.750. The van der Waals surface area contributed by atoms with Crippen LogP contribution in [0, 0.1) is 23.7 Å². The lowest BCUT2D eigenvalue weighted by atomic mass is 9.87. The Bertz CT molecular complexity index is 299. The van der Waals surface area contributed by atoms with Gasteiger partial charge in [0, 0.05) is 12.8 Å². The zero-order valence-corrected chi connectivity index (χ0v) is 13.0. The second-order valence-electron chi connectivity index (χ2n) is 6.15. The van der Waals surface area contributed by atoms with E-state index in [0.717, 1.165) is 12.8 Å². The molecule has 4 nitrogen and oxygen atoms in total. The Labute approximate surface area is 121 Å². The molecule has 0 amide bonds. The van der Waals surface area contributed by atoms with Crippen LogP contribution in [0.4, 0.5) is 0 Å². The first-order valence-electron chi connectivity index (χ1n) is 7.32. The van der Waals surface area contributed by atoms with Crippen LogP contribution in [0.2, 0.25) is 0 Å². The zero-order chi connectivity index (χ0) is 15.7. The lowest BCUT2D eigenvalue weighted by molar-refractivity contribution is -0.139. The minimum atomic E-state index is -0.761. The Kier molecular flexibility index (Phi) is 8.93. The number of hydrogen-bond acceptors (Lipinski definition) is 2. The highest BCUT2D eigenvalue weighted by molar-refractivity contribution is 5.67. The fourth-order valence-electron chi connectivity index (χ4n) is 2.17. The van der Waals surface area contributed by atoms with Gasteiger partial charge in [0.2, 0.25) is 0 Å². The van der Waals surface area contributed by atoms with E-state index in [-0.39, 0.29) is 24.7 Å². The summed E-state index contributed by atoms with van der Waals surface area (Å²) in [6, 6.07) is 0. The highest BCUT2D eigenvalue weighted by Crippen LogP contribution is 2.22. The van der Waals surface area contributed by atoms with Crippen molar-refractivity contribution in [1.29, 1.82) is 0 Å². The van der Waals surface area contributed by atoms with Crippen molar-refractivity contribution in [3.8, 4) is 0 Å². The topological polar surface area (TPSA) is 74.6 Å². The molecular formula is C16H28O4. The summed E-state index contributed by atoms with van der Waals surface area (Å²) in [5.41, 5.74) is 0. The molecule has 2 atom stereocenters. The van der Waals surface area contributed by atoms with Gasteiger partial charge in [-0.3, -0.25) is 9.59 Å². The van der Waals surface area contributed by atoms with Crippen molar-refractivity contribution in [3.05, 3.63) is 12.2 Å². The summed E-state index contributed by atoms with van der Waals surface area (Å²) in [6.45, 7) is 8.12. The summed E-state index contributed by atoms with van der Waals surface area (Å²) in [5, 5.41) is 17.7. The van der Waals surface area contributed by atoms with Crippen LogP contribution in [-0.2, 0) is 9.59 Å². The molecule has 0 spiro atoms. The summed E-state index contributed by atoms with van der Waals surface area (Å²) >= 11 is 0. The smallest absolute Gasteiger partial charge is 0.303 e. The third-order valence-electron chi connectivity index (χ3n) is 3.80. The number of allylic oxidation sites excluding steroid dienone is 2. The van der Waals surface area contributed by atoms with E-state index in [1.54, 1.807) is 0 Å². The van der Waals surface area contributed by atoms with Crippen molar-refractivity contribution in [1.82, 2.24) is 0 Å². The largest absolute Gasteiger partial charge is 0.481 e. The maximum absolute atomic E-state index is 10.8. The monoisotopic (exact) mass is 284 g/mol. The lowest BCUT2D eigenvalue weighted by Crippen LogP contribution is -2.14. The number of hydrogen-bond donors (Lipinski definition) is 2.